The molecule has 0 spiro atoms. The molecule has 1 aliphatic heterocycles. The lowest BCUT2D eigenvalue weighted by Crippen LogP contribution is -2.85. The first-order valence-electron chi connectivity index (χ1n) is 11.5. The summed E-state index contributed by atoms with van der Waals surface area (Å²) in [5, 5.41) is 0. The number of hydrogen-bond acceptors (Lipinski definition) is 4. The van der Waals surface area contributed by atoms with Crippen LogP contribution in [0, 0.1) is 5.92 Å². The van der Waals surface area contributed by atoms with Crippen molar-refractivity contribution in [1.29, 1.82) is 0 Å². The number of quaternary nitrogens is 1. The summed E-state index contributed by atoms with van der Waals surface area (Å²) in [6.45, 7) is 6.78. The van der Waals surface area contributed by atoms with Gasteiger partial charge in [-0.1, -0.05) is 80.4 Å². The second-order valence-corrected chi connectivity index (χ2v) is 8.92. The monoisotopic (exact) mass is 439 g/mol. The Morgan fingerprint density at radius 2 is 1.72 bits per heavy atom. The Kier molecular flexibility index (Phi) is 8.42. The van der Waals surface area contributed by atoms with E-state index in [0.717, 1.165) is 24.0 Å². The van der Waals surface area contributed by atoms with Gasteiger partial charge in [0.05, 0.1) is 12.0 Å². The van der Waals surface area contributed by atoms with Crippen molar-refractivity contribution < 1.29 is 24.6 Å². The van der Waals surface area contributed by atoms with E-state index in [1.165, 1.54) is 4.90 Å². The third kappa shape index (κ3) is 6.17. The molecule has 2 N–H and O–H groups in total. The predicted molar refractivity (Wildman–Crippen MR) is 122 cm³/mol. The number of ether oxygens (including phenoxy) is 1. The van der Waals surface area contributed by atoms with Crippen molar-refractivity contribution >= 4 is 12.0 Å². The number of nitrogens with zero attached hydrogens (tertiary/aromatic N) is 1. The fraction of sp³-hybridized carbons (Fsp3) is 0.462. The van der Waals surface area contributed by atoms with Gasteiger partial charge in [0.25, 0.3) is 0 Å². The molecule has 0 aliphatic carbocycles. The highest BCUT2D eigenvalue weighted by Gasteiger charge is 2.51. The number of unbranched alkanes of at least 4 members (excludes halogenated alkanes) is 1. The zero-order valence-corrected chi connectivity index (χ0v) is 19.3. The molecule has 2 amide bonds. The van der Waals surface area contributed by atoms with Gasteiger partial charge < -0.3 is 4.74 Å². The van der Waals surface area contributed by atoms with E-state index in [-0.39, 0.29) is 17.9 Å². The van der Waals surface area contributed by atoms with Crippen molar-refractivity contribution in [2.24, 2.45) is 5.92 Å². The van der Waals surface area contributed by atoms with Crippen LogP contribution in [-0.2, 0) is 27.4 Å². The lowest BCUT2D eigenvalue weighted by Gasteiger charge is -2.29. The van der Waals surface area contributed by atoms with Crippen molar-refractivity contribution in [2.45, 2.75) is 64.7 Å². The van der Waals surface area contributed by atoms with Crippen LogP contribution in [0.15, 0.2) is 60.7 Å². The molecule has 1 saturated heterocycles. The van der Waals surface area contributed by atoms with Crippen LogP contribution < -0.4 is 5.48 Å². The summed E-state index contributed by atoms with van der Waals surface area (Å²) < 4.78 is 5.63. The van der Waals surface area contributed by atoms with Crippen molar-refractivity contribution in [3.63, 3.8) is 0 Å². The maximum Gasteiger partial charge on any atom is 0.417 e. The van der Waals surface area contributed by atoms with Crippen LogP contribution in [0.1, 0.15) is 51.2 Å². The number of carbonyl (C=O) groups excluding carboxylic acids is 2. The van der Waals surface area contributed by atoms with E-state index in [0.29, 0.717) is 26.0 Å². The van der Waals surface area contributed by atoms with Crippen LogP contribution in [0.25, 0.3) is 0 Å². The topological polar surface area (TPSA) is 72.5 Å². The van der Waals surface area contributed by atoms with E-state index in [1.54, 1.807) is 5.48 Å². The van der Waals surface area contributed by atoms with Gasteiger partial charge in [0.2, 0.25) is 5.91 Å². The molecular formula is C26H35N2O4+. The van der Waals surface area contributed by atoms with Crippen LogP contribution in [0.4, 0.5) is 4.79 Å². The molecule has 1 heterocycles. The van der Waals surface area contributed by atoms with E-state index in [1.807, 2.05) is 74.5 Å². The largest absolute Gasteiger partial charge is 0.441 e. The van der Waals surface area contributed by atoms with Gasteiger partial charge in [-0.15, -0.1) is 0 Å². The number of nitrogens with two attached hydrogens (primary N) is 1. The molecular weight excluding hydrogens is 404 g/mol. The van der Waals surface area contributed by atoms with Crippen molar-refractivity contribution in [2.75, 3.05) is 6.54 Å². The summed E-state index contributed by atoms with van der Waals surface area (Å²) in [7, 11) is 0. The number of hydroxylamine groups is 1. The van der Waals surface area contributed by atoms with Gasteiger partial charge in [-0.3, -0.25) is 4.79 Å². The van der Waals surface area contributed by atoms with Gasteiger partial charge in [0.1, 0.15) is 18.8 Å². The lowest BCUT2D eigenvalue weighted by atomic mass is 9.90. The van der Waals surface area contributed by atoms with Crippen LogP contribution in [-0.4, -0.2) is 35.1 Å². The summed E-state index contributed by atoms with van der Waals surface area (Å²) in [6.07, 6.45) is 2.63. The first kappa shape index (κ1) is 24.0. The Labute approximate surface area is 190 Å². The van der Waals surface area contributed by atoms with Gasteiger partial charge in [-0.2, -0.15) is 0 Å². The van der Waals surface area contributed by atoms with Gasteiger partial charge in [-0.25, -0.2) is 20.0 Å². The third-order valence-electron chi connectivity index (χ3n) is 6.02. The van der Waals surface area contributed by atoms with Crippen LogP contribution in [0.2, 0.25) is 0 Å². The molecule has 6 nitrogen and oxygen atoms in total. The zero-order valence-electron chi connectivity index (χ0n) is 19.3. The third-order valence-corrected chi connectivity index (χ3v) is 6.02. The van der Waals surface area contributed by atoms with Gasteiger partial charge in [-0.05, 0) is 37.8 Å². The van der Waals surface area contributed by atoms with Crippen molar-refractivity contribution in [1.82, 2.24) is 4.90 Å². The van der Waals surface area contributed by atoms with Gasteiger partial charge >= 0.3 is 6.09 Å². The number of carbonyl (C=O) groups is 2. The molecule has 2 atom stereocenters. The lowest BCUT2D eigenvalue weighted by molar-refractivity contribution is -0.902. The van der Waals surface area contributed by atoms with Gasteiger partial charge in [0.15, 0.2) is 0 Å². The number of rotatable bonds is 11. The average Bonchev–Trinajstić information content (AvgIpc) is 3.01. The van der Waals surface area contributed by atoms with E-state index in [4.69, 9.17) is 9.57 Å². The highest BCUT2D eigenvalue weighted by atomic mass is 16.6. The quantitative estimate of drug-likeness (QED) is 0.426. The number of benzene rings is 2. The number of imide groups is 1. The first-order valence-corrected chi connectivity index (χ1v) is 11.5. The summed E-state index contributed by atoms with van der Waals surface area (Å²) in [5.74, 6) is -0.486. The maximum absolute atomic E-state index is 13.6. The molecule has 3 rings (SSSR count). The molecule has 1 fully saturated rings. The predicted octanol–water partition coefficient (Wildman–Crippen LogP) is 3.86. The van der Waals surface area contributed by atoms with E-state index in [2.05, 4.69) is 6.92 Å². The minimum Gasteiger partial charge on any atom is -0.441 e. The minimum absolute atomic E-state index is 0.172. The second kappa shape index (κ2) is 11.2. The summed E-state index contributed by atoms with van der Waals surface area (Å²) in [6, 6.07) is 19.5. The zero-order chi connectivity index (χ0) is 23.0. The van der Waals surface area contributed by atoms with E-state index >= 15 is 0 Å². The molecule has 0 aromatic heterocycles. The highest BCUT2D eigenvalue weighted by Crippen LogP contribution is 2.33. The Balaban J connectivity index is 1.68. The molecule has 0 saturated carbocycles. The smallest absolute Gasteiger partial charge is 0.417 e. The van der Waals surface area contributed by atoms with Crippen LogP contribution in [0.5, 0.6) is 0 Å². The van der Waals surface area contributed by atoms with Crippen LogP contribution in [0.3, 0.4) is 0 Å². The fourth-order valence-corrected chi connectivity index (χ4v) is 4.10. The molecule has 0 bridgehead atoms. The number of cyclic esters (lactones) is 1. The molecule has 0 radical (unpaired) electrons. The minimum atomic E-state index is -0.745. The summed E-state index contributed by atoms with van der Waals surface area (Å²) >= 11 is 0. The Bertz CT molecular complexity index is 870. The Morgan fingerprint density at radius 1 is 1.09 bits per heavy atom. The molecule has 6 heteroatoms. The molecule has 2 aromatic carbocycles. The fourth-order valence-electron chi connectivity index (χ4n) is 4.10. The Morgan fingerprint density at radius 3 is 2.34 bits per heavy atom. The SMILES string of the molecule is CCCC[C@H](C[NH2+]OCc1ccccc1)C(=O)N1C(=O)OC(C)(C)[C@@H]1Cc1ccccc1. The summed E-state index contributed by atoms with van der Waals surface area (Å²) in [4.78, 5) is 33.4. The molecule has 1 aliphatic rings. The van der Waals surface area contributed by atoms with Crippen molar-refractivity contribution in [3.8, 4) is 0 Å². The van der Waals surface area contributed by atoms with Crippen molar-refractivity contribution in [3.05, 3.63) is 71.8 Å². The standard InChI is InChI=1S/C26H34N2O4/c1-4-5-16-22(18-27-31-19-21-14-10-7-11-15-21)24(29)28-23(26(2,3)32-25(28)30)17-20-12-8-6-9-13-20/h6-15,22-23,27H,4-5,16-19H2,1-3H3/p+1/t22-,23+/m1/s1. The average molecular weight is 440 g/mol. The molecule has 32 heavy (non-hydrogen) atoms. The summed E-state index contributed by atoms with van der Waals surface area (Å²) in [5.41, 5.74) is 3.12. The maximum atomic E-state index is 13.6. The van der Waals surface area contributed by atoms with Crippen LogP contribution >= 0.6 is 0 Å². The molecule has 0 unspecified atom stereocenters. The Hall–Kier alpha value is -2.70. The number of amides is 2. The van der Waals surface area contributed by atoms with E-state index < -0.39 is 11.7 Å². The number of hydrogen-bond donors (Lipinski definition) is 1. The highest BCUT2D eigenvalue weighted by molar-refractivity contribution is 5.95. The van der Waals surface area contributed by atoms with E-state index in [9.17, 15) is 9.59 Å². The normalized spacial score (nSPS) is 18.4. The van der Waals surface area contributed by atoms with Gasteiger partial charge in [0, 0.05) is 0 Å². The first-order chi connectivity index (χ1) is 15.4. The molecule has 172 valence electrons. The second-order valence-electron chi connectivity index (χ2n) is 8.92. The molecule has 2 aromatic rings.